The highest BCUT2D eigenvalue weighted by molar-refractivity contribution is 5.29. The van der Waals surface area contributed by atoms with Crippen LogP contribution in [0.25, 0.3) is 0 Å². The Labute approximate surface area is 94.6 Å². The molecule has 2 rings (SSSR count). The van der Waals surface area contributed by atoms with E-state index in [9.17, 15) is 5.11 Å². The maximum absolute atomic E-state index is 10.2. The minimum Gasteiger partial charge on any atom is -0.383 e. The molecular formula is C12H15N3O. The summed E-state index contributed by atoms with van der Waals surface area (Å²) in [4.78, 5) is 4.01. The molecule has 4 heteroatoms. The zero-order valence-corrected chi connectivity index (χ0v) is 9.46. The summed E-state index contributed by atoms with van der Waals surface area (Å²) in [6.07, 6.45) is 5.40. The molecule has 16 heavy (non-hydrogen) atoms. The molecule has 0 aliphatic heterocycles. The van der Waals surface area contributed by atoms with E-state index in [-0.39, 0.29) is 0 Å². The van der Waals surface area contributed by atoms with Crippen molar-refractivity contribution in [2.45, 2.75) is 19.4 Å². The third-order valence-corrected chi connectivity index (χ3v) is 2.57. The summed E-state index contributed by atoms with van der Waals surface area (Å²) in [5, 5.41) is 14.5. The lowest BCUT2D eigenvalue weighted by atomic mass is 10.0. The number of aliphatic hydroxyl groups excluding tert-OH is 1. The van der Waals surface area contributed by atoms with Crippen LogP contribution >= 0.6 is 0 Å². The first-order chi connectivity index (χ1) is 7.72. The molecule has 2 heterocycles. The number of pyridine rings is 1. The minimum atomic E-state index is -0.641. The number of aryl methyl sites for hydroxylation is 2. The molecule has 0 radical (unpaired) electrons. The maximum atomic E-state index is 10.2. The molecule has 0 amide bonds. The van der Waals surface area contributed by atoms with Crippen LogP contribution in [0.1, 0.15) is 29.8 Å². The Bertz CT molecular complexity index is 464. The third kappa shape index (κ3) is 1.97. The van der Waals surface area contributed by atoms with E-state index in [0.29, 0.717) is 0 Å². The molecule has 0 aliphatic carbocycles. The molecule has 2 aromatic heterocycles. The van der Waals surface area contributed by atoms with Crippen LogP contribution in [-0.4, -0.2) is 19.9 Å². The molecule has 0 fully saturated rings. The molecule has 0 saturated heterocycles. The zero-order valence-electron chi connectivity index (χ0n) is 9.46. The molecule has 1 atom stereocenters. The first-order valence-electron chi connectivity index (χ1n) is 5.32. The first-order valence-corrected chi connectivity index (χ1v) is 5.32. The summed E-state index contributed by atoms with van der Waals surface area (Å²) in [6.45, 7) is 2.03. The second-order valence-corrected chi connectivity index (χ2v) is 3.75. The van der Waals surface area contributed by atoms with Crippen molar-refractivity contribution in [2.75, 3.05) is 0 Å². The van der Waals surface area contributed by atoms with Crippen LogP contribution in [0.4, 0.5) is 0 Å². The van der Waals surface area contributed by atoms with Gasteiger partial charge in [-0.2, -0.15) is 5.10 Å². The molecule has 0 saturated carbocycles. The Morgan fingerprint density at radius 2 is 2.31 bits per heavy atom. The number of aromatic nitrogens is 3. The average Bonchev–Trinajstić information content (AvgIpc) is 2.70. The SMILES string of the molecule is CCc1nn(C)cc1C(O)c1cccnc1. The van der Waals surface area contributed by atoms with E-state index < -0.39 is 6.10 Å². The Hall–Kier alpha value is -1.68. The summed E-state index contributed by atoms with van der Waals surface area (Å²) in [7, 11) is 1.86. The van der Waals surface area contributed by atoms with Gasteiger partial charge < -0.3 is 5.11 Å². The van der Waals surface area contributed by atoms with Gasteiger partial charge in [-0.05, 0) is 12.5 Å². The number of hydrogen-bond donors (Lipinski definition) is 1. The molecule has 0 aromatic carbocycles. The molecule has 0 bridgehead atoms. The van der Waals surface area contributed by atoms with Gasteiger partial charge in [-0.15, -0.1) is 0 Å². The van der Waals surface area contributed by atoms with Crippen molar-refractivity contribution >= 4 is 0 Å². The minimum absolute atomic E-state index is 0.641. The normalized spacial score (nSPS) is 12.7. The van der Waals surface area contributed by atoms with Gasteiger partial charge >= 0.3 is 0 Å². The van der Waals surface area contributed by atoms with Crippen LogP contribution in [0.2, 0.25) is 0 Å². The predicted molar refractivity (Wildman–Crippen MR) is 60.9 cm³/mol. The number of aliphatic hydroxyl groups is 1. The third-order valence-electron chi connectivity index (χ3n) is 2.57. The Kier molecular flexibility index (Phi) is 3.01. The fourth-order valence-electron chi connectivity index (χ4n) is 1.77. The standard InChI is InChI=1S/C12H15N3O/c1-3-11-10(8-15(2)14-11)12(16)9-5-4-6-13-7-9/h4-8,12,16H,3H2,1-2H3. The molecule has 0 aliphatic rings. The van der Waals surface area contributed by atoms with Crippen LogP contribution in [0, 0.1) is 0 Å². The highest BCUT2D eigenvalue weighted by Crippen LogP contribution is 2.23. The number of hydrogen-bond acceptors (Lipinski definition) is 3. The van der Waals surface area contributed by atoms with E-state index in [1.807, 2.05) is 32.3 Å². The molecule has 2 aromatic rings. The van der Waals surface area contributed by atoms with E-state index in [2.05, 4.69) is 10.1 Å². The molecule has 4 nitrogen and oxygen atoms in total. The molecular weight excluding hydrogens is 202 g/mol. The smallest absolute Gasteiger partial charge is 0.109 e. The lowest BCUT2D eigenvalue weighted by Crippen LogP contribution is -2.01. The topological polar surface area (TPSA) is 50.9 Å². The van der Waals surface area contributed by atoms with Gasteiger partial charge in [-0.3, -0.25) is 9.67 Å². The monoisotopic (exact) mass is 217 g/mol. The molecule has 1 N–H and O–H groups in total. The molecule has 84 valence electrons. The fourth-order valence-corrected chi connectivity index (χ4v) is 1.77. The van der Waals surface area contributed by atoms with Crippen LogP contribution in [0.15, 0.2) is 30.7 Å². The highest BCUT2D eigenvalue weighted by atomic mass is 16.3. The van der Waals surface area contributed by atoms with Gasteiger partial charge in [0.1, 0.15) is 6.10 Å². The second-order valence-electron chi connectivity index (χ2n) is 3.75. The van der Waals surface area contributed by atoms with Crippen LogP contribution in [0.5, 0.6) is 0 Å². The van der Waals surface area contributed by atoms with Gasteiger partial charge in [0.15, 0.2) is 0 Å². The van der Waals surface area contributed by atoms with Gasteiger partial charge in [-0.25, -0.2) is 0 Å². The Morgan fingerprint density at radius 1 is 1.50 bits per heavy atom. The highest BCUT2D eigenvalue weighted by Gasteiger charge is 2.16. The van der Waals surface area contributed by atoms with Crippen molar-refractivity contribution in [1.29, 1.82) is 0 Å². The fraction of sp³-hybridized carbons (Fsp3) is 0.333. The van der Waals surface area contributed by atoms with Crippen molar-refractivity contribution in [3.63, 3.8) is 0 Å². The maximum Gasteiger partial charge on any atom is 0.109 e. The van der Waals surface area contributed by atoms with Crippen molar-refractivity contribution in [3.8, 4) is 0 Å². The summed E-state index contributed by atoms with van der Waals surface area (Å²) in [6, 6.07) is 3.69. The van der Waals surface area contributed by atoms with Gasteiger partial charge in [0.2, 0.25) is 0 Å². The number of rotatable bonds is 3. The average molecular weight is 217 g/mol. The van der Waals surface area contributed by atoms with Gasteiger partial charge in [-0.1, -0.05) is 13.0 Å². The largest absolute Gasteiger partial charge is 0.383 e. The van der Waals surface area contributed by atoms with Crippen LogP contribution in [-0.2, 0) is 13.5 Å². The van der Waals surface area contributed by atoms with E-state index in [4.69, 9.17) is 0 Å². The second kappa shape index (κ2) is 4.45. The summed E-state index contributed by atoms with van der Waals surface area (Å²) in [5.41, 5.74) is 2.59. The quantitative estimate of drug-likeness (QED) is 0.846. The Balaban J connectivity index is 2.37. The summed E-state index contributed by atoms with van der Waals surface area (Å²) in [5.74, 6) is 0. The summed E-state index contributed by atoms with van der Waals surface area (Å²) < 4.78 is 1.73. The molecule has 1 unspecified atom stereocenters. The van der Waals surface area contributed by atoms with E-state index in [1.54, 1.807) is 17.1 Å². The van der Waals surface area contributed by atoms with Crippen LogP contribution in [0.3, 0.4) is 0 Å². The van der Waals surface area contributed by atoms with Gasteiger partial charge in [0.25, 0.3) is 0 Å². The predicted octanol–water partition coefficient (Wildman–Crippen LogP) is 1.46. The summed E-state index contributed by atoms with van der Waals surface area (Å²) >= 11 is 0. The van der Waals surface area contributed by atoms with Crippen molar-refractivity contribution < 1.29 is 5.11 Å². The van der Waals surface area contributed by atoms with E-state index in [1.165, 1.54) is 0 Å². The Morgan fingerprint density at radius 3 is 2.94 bits per heavy atom. The van der Waals surface area contributed by atoms with Crippen molar-refractivity contribution in [1.82, 2.24) is 14.8 Å². The lowest BCUT2D eigenvalue weighted by Gasteiger charge is -2.09. The lowest BCUT2D eigenvalue weighted by molar-refractivity contribution is 0.218. The van der Waals surface area contributed by atoms with E-state index in [0.717, 1.165) is 23.2 Å². The zero-order chi connectivity index (χ0) is 11.5. The van der Waals surface area contributed by atoms with Crippen molar-refractivity contribution in [3.05, 3.63) is 47.5 Å². The van der Waals surface area contributed by atoms with Crippen molar-refractivity contribution in [2.24, 2.45) is 7.05 Å². The van der Waals surface area contributed by atoms with E-state index >= 15 is 0 Å². The van der Waals surface area contributed by atoms with Gasteiger partial charge in [0, 0.05) is 36.8 Å². The molecule has 0 spiro atoms. The van der Waals surface area contributed by atoms with Crippen LogP contribution < -0.4 is 0 Å². The number of nitrogens with zero attached hydrogens (tertiary/aromatic N) is 3. The first kappa shape index (κ1) is 10.8. The van der Waals surface area contributed by atoms with Gasteiger partial charge in [0.05, 0.1) is 5.69 Å².